The van der Waals surface area contributed by atoms with Gasteiger partial charge in [0, 0.05) is 42.3 Å². The lowest BCUT2D eigenvalue weighted by molar-refractivity contribution is -0.116. The maximum absolute atomic E-state index is 13.1. The standard InChI is InChI=1S/C33H38N6O3S/c1-20-24(7-6-8-26(20)37-31(41)21-9-11-22(12-10-21)33(2,3)4)27-18-38(5)32(42)30(36-27)35-23-13-14-28(25(34)17-23)39-15-16-43-19-29(39)40/h6-14,17-18H,15-16,19,34,43H2,1-5H3,(H,35,36)(H,37,41). The zero-order valence-corrected chi connectivity index (χ0v) is 26.1. The Bertz CT molecular complexity index is 1760. The number of carbonyl (C=O) groups excluding carboxylic acids is 2. The minimum atomic E-state index is -0.306. The van der Waals surface area contributed by atoms with Crippen LogP contribution in [-0.2, 0) is 17.3 Å². The number of amides is 2. The fraction of sp³-hybridized carbons (Fsp3) is 0.273. The molecule has 0 atom stereocenters. The zero-order chi connectivity index (χ0) is 30.9. The highest BCUT2D eigenvalue weighted by molar-refractivity contribution is 8.00. The summed E-state index contributed by atoms with van der Waals surface area (Å²) in [6.45, 7) is 8.97. The van der Waals surface area contributed by atoms with Crippen molar-refractivity contribution in [2.24, 2.45) is 7.05 Å². The summed E-state index contributed by atoms with van der Waals surface area (Å²) in [5.74, 6) is 1.51. The van der Waals surface area contributed by atoms with Crippen LogP contribution >= 0.6 is 11.8 Å². The largest absolute Gasteiger partial charge is 0.397 e. The summed E-state index contributed by atoms with van der Waals surface area (Å²) in [6.07, 6.45) is 1.67. The van der Waals surface area contributed by atoms with Gasteiger partial charge in [0.2, 0.25) is 5.91 Å². The average molecular weight is 599 g/mol. The highest BCUT2D eigenvalue weighted by Crippen LogP contribution is 2.31. The number of anilines is 5. The summed E-state index contributed by atoms with van der Waals surface area (Å²) >= 11 is 0.649. The van der Waals surface area contributed by atoms with Crippen molar-refractivity contribution in [1.82, 2.24) is 9.55 Å². The van der Waals surface area contributed by atoms with E-state index in [0.717, 1.165) is 22.4 Å². The summed E-state index contributed by atoms with van der Waals surface area (Å²) in [5, 5.41) is 6.14. The molecule has 2 heterocycles. The van der Waals surface area contributed by atoms with E-state index in [9.17, 15) is 14.4 Å². The molecule has 10 heteroatoms. The first-order chi connectivity index (χ1) is 20.4. The van der Waals surface area contributed by atoms with Crippen LogP contribution in [0.4, 0.5) is 28.6 Å². The molecule has 4 aromatic rings. The van der Waals surface area contributed by atoms with Gasteiger partial charge < -0.3 is 25.8 Å². The topological polar surface area (TPSA) is 122 Å². The van der Waals surface area contributed by atoms with Gasteiger partial charge in [-0.05, 0) is 65.6 Å². The first kappa shape index (κ1) is 29.9. The fourth-order valence-corrected chi connectivity index (χ4v) is 6.02. The lowest BCUT2D eigenvalue weighted by Crippen LogP contribution is -2.38. The van der Waals surface area contributed by atoms with Crippen molar-refractivity contribution in [3.05, 3.63) is 93.9 Å². The normalized spacial score (nSPS) is 14.5. The Hall–Kier alpha value is -4.57. The van der Waals surface area contributed by atoms with E-state index in [4.69, 9.17) is 5.73 Å². The second-order valence-corrected chi connectivity index (χ2v) is 13.1. The molecule has 0 radical (unpaired) electrons. The molecule has 224 valence electrons. The van der Waals surface area contributed by atoms with Gasteiger partial charge in [-0.1, -0.05) is 45.0 Å². The molecule has 1 aliphatic rings. The van der Waals surface area contributed by atoms with Gasteiger partial charge in [-0.25, -0.2) is 4.98 Å². The zero-order valence-electron chi connectivity index (χ0n) is 25.1. The third-order valence-electron chi connectivity index (χ3n) is 7.61. The summed E-state index contributed by atoms with van der Waals surface area (Å²) in [7, 11) is 1.67. The number of aromatic nitrogens is 2. The van der Waals surface area contributed by atoms with E-state index in [1.807, 2.05) is 49.4 Å². The summed E-state index contributed by atoms with van der Waals surface area (Å²) < 4.78 is 1.47. The molecule has 1 aliphatic heterocycles. The molecule has 1 aromatic heterocycles. The Morgan fingerprint density at radius 3 is 2.47 bits per heavy atom. The van der Waals surface area contributed by atoms with Gasteiger partial charge in [-0.15, -0.1) is 0 Å². The number of nitrogens with one attached hydrogen (secondary N) is 2. The van der Waals surface area contributed by atoms with Crippen molar-refractivity contribution >= 4 is 52.1 Å². The molecule has 0 bridgehead atoms. The minimum Gasteiger partial charge on any atom is -0.397 e. The molecular weight excluding hydrogens is 560 g/mol. The number of nitrogen functional groups attached to an aromatic ring is 1. The smallest absolute Gasteiger partial charge is 0.293 e. The van der Waals surface area contributed by atoms with Crippen LogP contribution in [0.1, 0.15) is 42.3 Å². The molecule has 0 spiro atoms. The van der Waals surface area contributed by atoms with E-state index >= 15 is 0 Å². The Morgan fingerprint density at radius 1 is 1.05 bits per heavy atom. The molecule has 4 N–H and O–H groups in total. The predicted molar refractivity (Wildman–Crippen MR) is 179 cm³/mol. The van der Waals surface area contributed by atoms with Gasteiger partial charge in [0.25, 0.3) is 11.5 Å². The Balaban J connectivity index is 1.39. The van der Waals surface area contributed by atoms with Gasteiger partial charge in [0.05, 0.1) is 22.8 Å². The SMILES string of the molecule is Cc1c(NC(=O)c2ccc(C(C)(C)C)cc2)cccc1-c1cn(C)c(=O)c(Nc2ccc(N3CC[SH2]CC3=O)c(N)c2)n1. The third kappa shape index (κ3) is 6.44. The number of nitrogens with two attached hydrogens (primary N) is 1. The molecule has 1 saturated heterocycles. The van der Waals surface area contributed by atoms with Crippen molar-refractivity contribution in [3.63, 3.8) is 0 Å². The van der Waals surface area contributed by atoms with E-state index in [1.165, 1.54) is 4.57 Å². The minimum absolute atomic E-state index is 0.000221. The number of benzene rings is 3. The van der Waals surface area contributed by atoms with Gasteiger partial charge >= 0.3 is 0 Å². The number of carbonyl (C=O) groups is 2. The number of nitrogens with zero attached hydrogens (tertiary/aromatic N) is 3. The lowest BCUT2D eigenvalue weighted by atomic mass is 9.86. The van der Waals surface area contributed by atoms with E-state index < -0.39 is 0 Å². The van der Waals surface area contributed by atoms with Crippen LogP contribution in [0, 0.1) is 6.92 Å². The quantitative estimate of drug-likeness (QED) is 0.263. The first-order valence-corrected chi connectivity index (χ1v) is 15.6. The molecular formula is C33H38N6O3S. The Kier molecular flexibility index (Phi) is 8.32. The molecule has 3 aromatic carbocycles. The van der Waals surface area contributed by atoms with Crippen LogP contribution < -0.4 is 26.8 Å². The molecule has 5 rings (SSSR count). The number of aryl methyl sites for hydroxylation is 1. The molecule has 2 amide bonds. The second-order valence-electron chi connectivity index (χ2n) is 11.8. The Morgan fingerprint density at radius 2 is 1.79 bits per heavy atom. The highest BCUT2D eigenvalue weighted by atomic mass is 32.2. The van der Waals surface area contributed by atoms with E-state index in [2.05, 4.69) is 36.4 Å². The van der Waals surface area contributed by atoms with Crippen molar-refractivity contribution in [3.8, 4) is 11.3 Å². The first-order valence-electron chi connectivity index (χ1n) is 14.2. The lowest BCUT2D eigenvalue weighted by Gasteiger charge is -2.28. The van der Waals surface area contributed by atoms with Crippen LogP contribution in [0.25, 0.3) is 11.3 Å². The van der Waals surface area contributed by atoms with Crippen LogP contribution in [0.3, 0.4) is 0 Å². The van der Waals surface area contributed by atoms with Gasteiger partial charge in [0.15, 0.2) is 5.82 Å². The van der Waals surface area contributed by atoms with E-state index in [0.29, 0.717) is 58.1 Å². The van der Waals surface area contributed by atoms with Crippen molar-refractivity contribution in [2.45, 2.75) is 33.1 Å². The summed E-state index contributed by atoms with van der Waals surface area (Å²) in [5.41, 5.74) is 12.3. The maximum Gasteiger partial charge on any atom is 0.293 e. The number of hydrogen-bond acceptors (Lipinski definition) is 6. The predicted octanol–water partition coefficient (Wildman–Crippen LogP) is 5.18. The molecule has 9 nitrogen and oxygen atoms in total. The van der Waals surface area contributed by atoms with Crippen molar-refractivity contribution in [1.29, 1.82) is 0 Å². The second kappa shape index (κ2) is 12.0. The van der Waals surface area contributed by atoms with E-state index in [1.54, 1.807) is 36.3 Å². The van der Waals surface area contributed by atoms with Gasteiger partial charge in [-0.2, -0.15) is 0 Å². The molecule has 0 aliphatic carbocycles. The van der Waals surface area contributed by atoms with Crippen LogP contribution in [0.2, 0.25) is 0 Å². The van der Waals surface area contributed by atoms with E-state index in [-0.39, 0.29) is 28.6 Å². The van der Waals surface area contributed by atoms with Crippen molar-refractivity contribution in [2.75, 3.05) is 39.3 Å². The monoisotopic (exact) mass is 598 g/mol. The van der Waals surface area contributed by atoms with Gasteiger partial charge in [-0.3, -0.25) is 26.1 Å². The number of rotatable bonds is 6. The van der Waals surface area contributed by atoms with Gasteiger partial charge in [0.1, 0.15) is 0 Å². The van der Waals surface area contributed by atoms with Crippen LogP contribution in [0.15, 0.2) is 71.7 Å². The molecule has 0 unspecified atom stereocenters. The van der Waals surface area contributed by atoms with Crippen LogP contribution in [0.5, 0.6) is 0 Å². The maximum atomic E-state index is 13.1. The molecule has 1 fully saturated rings. The Labute approximate surface area is 255 Å². The summed E-state index contributed by atoms with van der Waals surface area (Å²) in [6, 6.07) is 18.5. The fourth-order valence-electron chi connectivity index (χ4n) is 5.06. The van der Waals surface area contributed by atoms with Crippen molar-refractivity contribution < 1.29 is 9.59 Å². The summed E-state index contributed by atoms with van der Waals surface area (Å²) in [4.78, 5) is 44.9. The molecule has 0 saturated carbocycles. The highest BCUT2D eigenvalue weighted by Gasteiger charge is 2.21. The number of hydrogen-bond donors (Lipinski definition) is 3. The third-order valence-corrected chi connectivity index (χ3v) is 8.74. The van der Waals surface area contributed by atoms with Crippen LogP contribution in [-0.4, -0.2) is 39.4 Å². The molecule has 43 heavy (non-hydrogen) atoms. The average Bonchev–Trinajstić information content (AvgIpc) is 2.97.